The molecule has 3 aliphatic rings. The SMILES string of the molecule is COCCN1CC[C@H](CNC(=O)N[C@H](C)[C@H]2C[C@H]3CC[C@H]2C3)C1. The Morgan fingerprint density at radius 2 is 2.17 bits per heavy atom. The molecule has 1 saturated heterocycles. The number of hydrogen-bond acceptors (Lipinski definition) is 3. The molecule has 2 amide bonds. The standard InChI is InChI=1S/C18H33N3O2/c1-13(17-10-14-3-4-16(17)9-14)20-18(22)19-11-15-5-6-21(12-15)7-8-23-2/h13-17H,3-12H2,1-2H3,(H2,19,20,22)/t13-,14+,15-,16+,17-/m1/s1. The second-order valence-electron chi connectivity index (χ2n) is 7.93. The van der Waals surface area contributed by atoms with E-state index in [2.05, 4.69) is 22.5 Å². The molecule has 0 aromatic rings. The van der Waals surface area contributed by atoms with Gasteiger partial charge in [-0.25, -0.2) is 4.79 Å². The third kappa shape index (κ3) is 4.38. The Kier molecular flexibility index (Phi) is 5.81. The molecule has 0 unspecified atom stereocenters. The lowest BCUT2D eigenvalue weighted by molar-refractivity contribution is 0.159. The largest absolute Gasteiger partial charge is 0.383 e. The molecular formula is C18H33N3O2. The van der Waals surface area contributed by atoms with Gasteiger partial charge in [0.15, 0.2) is 0 Å². The Balaban J connectivity index is 1.32. The maximum Gasteiger partial charge on any atom is 0.315 e. The van der Waals surface area contributed by atoms with E-state index in [9.17, 15) is 4.79 Å². The number of likely N-dealkylation sites (tertiary alicyclic amines) is 1. The van der Waals surface area contributed by atoms with Crippen molar-refractivity contribution in [3.05, 3.63) is 0 Å². The number of hydrogen-bond donors (Lipinski definition) is 2. The zero-order valence-corrected chi connectivity index (χ0v) is 14.7. The summed E-state index contributed by atoms with van der Waals surface area (Å²) >= 11 is 0. The fourth-order valence-electron chi connectivity index (χ4n) is 5.01. The predicted octanol–water partition coefficient (Wildman–Crippen LogP) is 2.08. The molecule has 0 aromatic heterocycles. The first-order valence-corrected chi connectivity index (χ1v) is 9.41. The lowest BCUT2D eigenvalue weighted by atomic mass is 9.84. The minimum atomic E-state index is 0.0237. The van der Waals surface area contributed by atoms with Crippen molar-refractivity contribution in [2.24, 2.45) is 23.7 Å². The van der Waals surface area contributed by atoms with Crippen LogP contribution in [0.5, 0.6) is 0 Å². The van der Waals surface area contributed by atoms with Crippen molar-refractivity contribution in [1.82, 2.24) is 15.5 Å². The number of urea groups is 1. The molecule has 2 bridgehead atoms. The van der Waals surface area contributed by atoms with Crippen LogP contribution in [-0.2, 0) is 4.74 Å². The van der Waals surface area contributed by atoms with Gasteiger partial charge in [-0.05, 0) is 62.8 Å². The van der Waals surface area contributed by atoms with Gasteiger partial charge < -0.3 is 20.3 Å². The predicted molar refractivity (Wildman–Crippen MR) is 91.4 cm³/mol. The van der Waals surface area contributed by atoms with Gasteiger partial charge in [0.1, 0.15) is 0 Å². The van der Waals surface area contributed by atoms with Gasteiger partial charge in [-0.1, -0.05) is 6.42 Å². The van der Waals surface area contributed by atoms with Crippen LogP contribution in [0.25, 0.3) is 0 Å². The summed E-state index contributed by atoms with van der Waals surface area (Å²) in [7, 11) is 1.75. The molecule has 0 spiro atoms. The van der Waals surface area contributed by atoms with Crippen LogP contribution in [0.1, 0.15) is 39.0 Å². The summed E-state index contributed by atoms with van der Waals surface area (Å²) in [6.45, 7) is 6.97. The van der Waals surface area contributed by atoms with Crippen molar-refractivity contribution in [3.63, 3.8) is 0 Å². The molecule has 0 radical (unpaired) electrons. The van der Waals surface area contributed by atoms with E-state index in [4.69, 9.17) is 4.74 Å². The molecule has 3 rings (SSSR count). The number of rotatable bonds is 7. The van der Waals surface area contributed by atoms with Gasteiger partial charge in [0.2, 0.25) is 0 Å². The number of carbonyl (C=O) groups is 1. The minimum Gasteiger partial charge on any atom is -0.383 e. The monoisotopic (exact) mass is 323 g/mol. The summed E-state index contributed by atoms with van der Waals surface area (Å²) in [5.41, 5.74) is 0. The van der Waals surface area contributed by atoms with Crippen molar-refractivity contribution in [3.8, 4) is 0 Å². The first kappa shape index (κ1) is 17.0. The van der Waals surface area contributed by atoms with E-state index < -0.39 is 0 Å². The molecule has 2 N–H and O–H groups in total. The summed E-state index contributed by atoms with van der Waals surface area (Å²) < 4.78 is 5.13. The van der Waals surface area contributed by atoms with E-state index in [0.717, 1.165) is 44.6 Å². The van der Waals surface area contributed by atoms with Gasteiger partial charge in [-0.15, -0.1) is 0 Å². The van der Waals surface area contributed by atoms with Gasteiger partial charge in [-0.3, -0.25) is 0 Å². The van der Waals surface area contributed by atoms with Crippen molar-refractivity contribution >= 4 is 6.03 Å². The Bertz CT molecular complexity index is 404. The Labute approximate surface area is 140 Å². The molecule has 23 heavy (non-hydrogen) atoms. The van der Waals surface area contributed by atoms with Gasteiger partial charge in [-0.2, -0.15) is 0 Å². The summed E-state index contributed by atoms with van der Waals surface area (Å²) in [4.78, 5) is 14.6. The lowest BCUT2D eigenvalue weighted by Crippen LogP contribution is -2.46. The van der Waals surface area contributed by atoms with Crippen molar-refractivity contribution in [2.75, 3.05) is 39.9 Å². The molecule has 1 heterocycles. The topological polar surface area (TPSA) is 53.6 Å². The summed E-state index contributed by atoms with van der Waals surface area (Å²) in [6, 6.07) is 0.336. The zero-order chi connectivity index (χ0) is 16.2. The lowest BCUT2D eigenvalue weighted by Gasteiger charge is -2.28. The number of methoxy groups -OCH3 is 1. The second kappa shape index (κ2) is 7.84. The average molecular weight is 323 g/mol. The van der Waals surface area contributed by atoms with Crippen LogP contribution in [0, 0.1) is 23.7 Å². The number of amides is 2. The third-order valence-electron chi connectivity index (χ3n) is 6.33. The van der Waals surface area contributed by atoms with Crippen LogP contribution in [0.15, 0.2) is 0 Å². The van der Waals surface area contributed by atoms with E-state index in [0.29, 0.717) is 17.9 Å². The Morgan fingerprint density at radius 3 is 2.87 bits per heavy atom. The van der Waals surface area contributed by atoms with E-state index in [1.165, 1.54) is 32.1 Å². The van der Waals surface area contributed by atoms with Gasteiger partial charge in [0.25, 0.3) is 0 Å². The smallest absolute Gasteiger partial charge is 0.315 e. The molecule has 2 aliphatic carbocycles. The molecule has 132 valence electrons. The highest BCUT2D eigenvalue weighted by molar-refractivity contribution is 5.74. The first-order valence-electron chi connectivity index (χ1n) is 9.41. The number of nitrogens with one attached hydrogen (secondary N) is 2. The zero-order valence-electron chi connectivity index (χ0n) is 14.7. The molecule has 5 nitrogen and oxygen atoms in total. The molecule has 3 fully saturated rings. The maximum atomic E-state index is 12.2. The summed E-state index contributed by atoms with van der Waals surface area (Å²) in [6.07, 6.45) is 6.69. The van der Waals surface area contributed by atoms with Crippen molar-refractivity contribution < 1.29 is 9.53 Å². The summed E-state index contributed by atoms with van der Waals surface area (Å²) in [5, 5.41) is 6.28. The highest BCUT2D eigenvalue weighted by Gasteiger charge is 2.42. The fraction of sp³-hybridized carbons (Fsp3) is 0.944. The first-order chi connectivity index (χ1) is 11.2. The van der Waals surface area contributed by atoms with Gasteiger partial charge in [0, 0.05) is 32.8 Å². The van der Waals surface area contributed by atoms with E-state index >= 15 is 0 Å². The number of nitrogens with zero attached hydrogens (tertiary/aromatic N) is 1. The highest BCUT2D eigenvalue weighted by Crippen LogP contribution is 2.49. The van der Waals surface area contributed by atoms with E-state index in [-0.39, 0.29) is 6.03 Å². The van der Waals surface area contributed by atoms with E-state index in [1.54, 1.807) is 7.11 Å². The van der Waals surface area contributed by atoms with E-state index in [1.807, 2.05) is 0 Å². The Morgan fingerprint density at radius 1 is 1.30 bits per heavy atom. The average Bonchev–Trinajstić information content (AvgIpc) is 3.27. The molecule has 5 heteroatoms. The second-order valence-corrected chi connectivity index (χ2v) is 7.93. The fourth-order valence-corrected chi connectivity index (χ4v) is 5.01. The molecule has 1 aliphatic heterocycles. The summed E-state index contributed by atoms with van der Waals surface area (Å²) in [5.74, 6) is 3.08. The number of fused-ring (bicyclic) bond motifs is 2. The molecular weight excluding hydrogens is 290 g/mol. The van der Waals surface area contributed by atoms with Crippen LogP contribution in [0.3, 0.4) is 0 Å². The maximum absolute atomic E-state index is 12.2. The quantitative estimate of drug-likeness (QED) is 0.754. The molecule has 5 atom stereocenters. The minimum absolute atomic E-state index is 0.0237. The number of ether oxygens (including phenoxy) is 1. The van der Waals surface area contributed by atoms with Crippen LogP contribution < -0.4 is 10.6 Å². The van der Waals surface area contributed by atoms with Crippen molar-refractivity contribution in [1.29, 1.82) is 0 Å². The van der Waals surface area contributed by atoms with Crippen LogP contribution in [-0.4, -0.2) is 56.9 Å². The highest BCUT2D eigenvalue weighted by atomic mass is 16.5. The van der Waals surface area contributed by atoms with Crippen LogP contribution in [0.4, 0.5) is 4.79 Å². The Hall–Kier alpha value is -0.810. The molecule has 2 saturated carbocycles. The van der Waals surface area contributed by atoms with Gasteiger partial charge >= 0.3 is 6.03 Å². The van der Waals surface area contributed by atoms with Crippen LogP contribution >= 0.6 is 0 Å². The van der Waals surface area contributed by atoms with Crippen LogP contribution in [0.2, 0.25) is 0 Å². The third-order valence-corrected chi connectivity index (χ3v) is 6.33. The van der Waals surface area contributed by atoms with Gasteiger partial charge in [0.05, 0.1) is 6.61 Å². The molecule has 0 aromatic carbocycles. The normalized spacial score (nSPS) is 34.7. The number of carbonyl (C=O) groups excluding carboxylic acids is 1. The van der Waals surface area contributed by atoms with Crippen molar-refractivity contribution in [2.45, 2.75) is 45.1 Å².